The van der Waals surface area contributed by atoms with Gasteiger partial charge in [-0.1, -0.05) is 0 Å². The summed E-state index contributed by atoms with van der Waals surface area (Å²) in [4.78, 5) is 7.55. The van der Waals surface area contributed by atoms with Gasteiger partial charge >= 0.3 is 7.05 Å². The minimum atomic E-state index is -3.24. The van der Waals surface area contributed by atoms with Gasteiger partial charge in [-0.25, -0.2) is 17.7 Å². The van der Waals surface area contributed by atoms with Crippen molar-refractivity contribution in [1.29, 1.82) is 0 Å². The van der Waals surface area contributed by atoms with Crippen molar-refractivity contribution in [3.05, 3.63) is 30.1 Å². The summed E-state index contributed by atoms with van der Waals surface area (Å²) in [6.07, 6.45) is 6.63. The Labute approximate surface area is 154 Å². The Morgan fingerprint density at radius 1 is 1.35 bits per heavy atom. The second kappa shape index (κ2) is 6.96. The van der Waals surface area contributed by atoms with Crippen LogP contribution in [0.15, 0.2) is 24.5 Å². The van der Waals surface area contributed by atoms with E-state index in [0.29, 0.717) is 31.8 Å². The molecular formula is C17H25BN4O3S. The highest BCUT2D eigenvalue weighted by molar-refractivity contribution is 7.89. The lowest BCUT2D eigenvalue weighted by molar-refractivity contribution is 0.296. The highest BCUT2D eigenvalue weighted by atomic mass is 32.2. The second-order valence-corrected chi connectivity index (χ2v) is 9.71. The van der Waals surface area contributed by atoms with E-state index in [4.69, 9.17) is 0 Å². The van der Waals surface area contributed by atoms with E-state index in [0.717, 1.165) is 23.9 Å². The first-order valence-electron chi connectivity index (χ1n) is 9.30. The van der Waals surface area contributed by atoms with Gasteiger partial charge in [0, 0.05) is 36.9 Å². The molecule has 1 saturated carbocycles. The maximum absolute atomic E-state index is 12.8. The number of nitrogens with zero attached hydrogens (tertiary/aromatic N) is 2. The normalized spacial score (nSPS) is 25.3. The zero-order valence-electron chi connectivity index (χ0n) is 14.9. The first-order chi connectivity index (χ1) is 12.4. The van der Waals surface area contributed by atoms with Crippen molar-refractivity contribution < 1.29 is 13.4 Å². The van der Waals surface area contributed by atoms with E-state index in [2.05, 4.69) is 21.3 Å². The maximum atomic E-state index is 12.8. The molecule has 0 aromatic carbocycles. The standard InChI is InChI=1S/C17H25BN4O3S/c1-18(23)21-13-9-14(10-13)26(24,25)22-7-4-12(5-8-22)16-11-20-17-15(16)3-2-6-19-17/h2-3,6,11-14,21,23H,4-5,7-10H2,1H3,(H,19,20). The van der Waals surface area contributed by atoms with Crippen molar-refractivity contribution in [2.75, 3.05) is 13.1 Å². The molecule has 3 N–H and O–H groups in total. The molecule has 2 aromatic heterocycles. The monoisotopic (exact) mass is 376 g/mol. The summed E-state index contributed by atoms with van der Waals surface area (Å²) in [7, 11) is -3.83. The topological polar surface area (TPSA) is 98.3 Å². The average molecular weight is 376 g/mol. The van der Waals surface area contributed by atoms with Crippen LogP contribution >= 0.6 is 0 Å². The number of rotatable bonds is 5. The Morgan fingerprint density at radius 2 is 2.08 bits per heavy atom. The molecule has 0 unspecified atom stereocenters. The van der Waals surface area contributed by atoms with Crippen LogP contribution < -0.4 is 5.23 Å². The van der Waals surface area contributed by atoms with Crippen molar-refractivity contribution in [1.82, 2.24) is 19.5 Å². The van der Waals surface area contributed by atoms with Crippen LogP contribution in [-0.4, -0.2) is 59.1 Å². The molecule has 140 valence electrons. The van der Waals surface area contributed by atoms with Crippen molar-refractivity contribution in [3.63, 3.8) is 0 Å². The fourth-order valence-corrected chi connectivity index (χ4v) is 6.33. The van der Waals surface area contributed by atoms with Crippen LogP contribution in [0.3, 0.4) is 0 Å². The lowest BCUT2D eigenvalue weighted by atomic mass is 9.81. The van der Waals surface area contributed by atoms with Crippen LogP contribution in [-0.2, 0) is 10.0 Å². The van der Waals surface area contributed by atoms with E-state index >= 15 is 0 Å². The Morgan fingerprint density at radius 3 is 2.77 bits per heavy atom. The molecule has 1 aliphatic heterocycles. The number of H-pyrrole nitrogens is 1. The van der Waals surface area contributed by atoms with Crippen LogP contribution in [0.2, 0.25) is 6.82 Å². The summed E-state index contributed by atoms with van der Waals surface area (Å²) in [6.45, 7) is 2.81. The minimum Gasteiger partial charge on any atom is -0.437 e. The number of hydrogen-bond donors (Lipinski definition) is 3. The molecule has 9 heteroatoms. The van der Waals surface area contributed by atoms with Crippen LogP contribution in [0.25, 0.3) is 11.0 Å². The van der Waals surface area contributed by atoms with E-state index in [1.807, 2.05) is 12.3 Å². The second-order valence-electron chi connectivity index (χ2n) is 7.49. The van der Waals surface area contributed by atoms with Gasteiger partial charge in [0.2, 0.25) is 10.0 Å². The number of piperidine rings is 1. The summed E-state index contributed by atoms with van der Waals surface area (Å²) >= 11 is 0. The fraction of sp³-hybridized carbons (Fsp3) is 0.588. The minimum absolute atomic E-state index is 0.103. The first-order valence-corrected chi connectivity index (χ1v) is 10.8. The van der Waals surface area contributed by atoms with Gasteiger partial charge in [0.05, 0.1) is 5.25 Å². The molecular weight excluding hydrogens is 351 g/mol. The molecule has 2 aliphatic rings. The summed E-state index contributed by atoms with van der Waals surface area (Å²) < 4.78 is 27.3. The highest BCUT2D eigenvalue weighted by Crippen LogP contribution is 2.36. The van der Waals surface area contributed by atoms with E-state index in [9.17, 15) is 13.4 Å². The molecule has 0 atom stereocenters. The largest absolute Gasteiger partial charge is 0.437 e. The summed E-state index contributed by atoms with van der Waals surface area (Å²) in [5, 5.41) is 13.2. The average Bonchev–Trinajstić information content (AvgIpc) is 3.01. The van der Waals surface area contributed by atoms with Crippen LogP contribution in [0.1, 0.15) is 37.2 Å². The molecule has 0 bridgehead atoms. The Bertz CT molecular complexity index is 871. The predicted octanol–water partition coefficient (Wildman–Crippen LogP) is 1.30. The third-order valence-corrected chi connectivity index (χ3v) is 8.04. The lowest BCUT2D eigenvalue weighted by Gasteiger charge is -2.40. The van der Waals surface area contributed by atoms with Crippen molar-refractivity contribution in [2.24, 2.45) is 0 Å². The van der Waals surface area contributed by atoms with Gasteiger partial charge < -0.3 is 15.2 Å². The number of fused-ring (bicyclic) bond motifs is 1. The summed E-state index contributed by atoms with van der Waals surface area (Å²) in [5.74, 6) is 0.366. The number of hydrogen-bond acceptors (Lipinski definition) is 5. The number of aromatic nitrogens is 2. The van der Waals surface area contributed by atoms with E-state index < -0.39 is 17.1 Å². The zero-order valence-corrected chi connectivity index (χ0v) is 15.7. The van der Waals surface area contributed by atoms with Crippen molar-refractivity contribution in [3.8, 4) is 0 Å². The molecule has 4 rings (SSSR count). The van der Waals surface area contributed by atoms with Gasteiger partial charge in [-0.15, -0.1) is 0 Å². The third-order valence-electron chi connectivity index (χ3n) is 5.73. The summed E-state index contributed by atoms with van der Waals surface area (Å²) in [6, 6.07) is 4.11. The molecule has 0 radical (unpaired) electrons. The van der Waals surface area contributed by atoms with Gasteiger partial charge in [0.25, 0.3) is 0 Å². The molecule has 1 aliphatic carbocycles. The van der Waals surface area contributed by atoms with Crippen LogP contribution in [0.5, 0.6) is 0 Å². The fourth-order valence-electron chi connectivity index (χ4n) is 4.23. The van der Waals surface area contributed by atoms with Crippen LogP contribution in [0, 0.1) is 0 Å². The number of sulfonamides is 1. The van der Waals surface area contributed by atoms with E-state index in [-0.39, 0.29) is 11.3 Å². The lowest BCUT2D eigenvalue weighted by Crippen LogP contribution is -2.55. The van der Waals surface area contributed by atoms with Gasteiger partial charge in [0.15, 0.2) is 0 Å². The Kier molecular flexibility index (Phi) is 4.81. The Balaban J connectivity index is 1.38. The molecule has 0 amide bonds. The number of nitrogens with one attached hydrogen (secondary N) is 2. The van der Waals surface area contributed by atoms with Gasteiger partial charge in [0.1, 0.15) is 5.65 Å². The van der Waals surface area contributed by atoms with Gasteiger partial charge in [-0.05, 0) is 56.1 Å². The predicted molar refractivity (Wildman–Crippen MR) is 102 cm³/mol. The molecule has 26 heavy (non-hydrogen) atoms. The van der Waals surface area contributed by atoms with Crippen LogP contribution in [0.4, 0.5) is 0 Å². The zero-order chi connectivity index (χ0) is 18.3. The van der Waals surface area contributed by atoms with E-state index in [1.54, 1.807) is 17.3 Å². The quantitative estimate of drug-likeness (QED) is 0.684. The summed E-state index contributed by atoms with van der Waals surface area (Å²) in [5.41, 5.74) is 2.14. The smallest absolute Gasteiger partial charge is 0.373 e. The number of pyridine rings is 1. The molecule has 3 heterocycles. The molecule has 1 saturated heterocycles. The number of aromatic amines is 1. The molecule has 0 spiro atoms. The third kappa shape index (κ3) is 3.29. The van der Waals surface area contributed by atoms with Gasteiger partial charge in [-0.3, -0.25) is 0 Å². The SMILES string of the molecule is CB(O)NC1CC(S(=O)(=O)N2CCC(c3c[nH]c4ncccc34)CC2)C1. The highest BCUT2D eigenvalue weighted by Gasteiger charge is 2.43. The van der Waals surface area contributed by atoms with Crippen molar-refractivity contribution >= 4 is 28.1 Å². The van der Waals surface area contributed by atoms with Crippen molar-refractivity contribution in [2.45, 2.75) is 49.7 Å². The molecule has 2 fully saturated rings. The van der Waals surface area contributed by atoms with E-state index in [1.165, 1.54) is 5.56 Å². The first kappa shape index (κ1) is 18.0. The maximum Gasteiger partial charge on any atom is 0.373 e. The molecule has 7 nitrogen and oxygen atoms in total. The van der Waals surface area contributed by atoms with Gasteiger partial charge in [-0.2, -0.15) is 0 Å². The molecule has 2 aromatic rings. The Hall–Kier alpha value is -1.42.